The summed E-state index contributed by atoms with van der Waals surface area (Å²) in [6.07, 6.45) is 0. The molecule has 0 aliphatic heterocycles. The maximum atomic E-state index is 6.33. The van der Waals surface area contributed by atoms with E-state index in [2.05, 4.69) is 176 Å². The Labute approximate surface area is 307 Å². The minimum atomic E-state index is 0.684. The van der Waals surface area contributed by atoms with E-state index in [4.69, 9.17) is 14.4 Å². The SMILES string of the molecule is c1ccc(-c2cccc(-c3cc(-c4cc(-c5ccccc5)cc(-c5ccc6c(c5)oc5ccccc56)c4)nc(-c4ccc5ccccc5c4)n3)c2)cc1. The van der Waals surface area contributed by atoms with Gasteiger partial charge in [-0.05, 0) is 98.8 Å². The van der Waals surface area contributed by atoms with E-state index < -0.39 is 0 Å². The summed E-state index contributed by atoms with van der Waals surface area (Å²) in [5.74, 6) is 0.684. The first-order chi connectivity index (χ1) is 26.2. The maximum Gasteiger partial charge on any atom is 0.160 e. The number of para-hydroxylation sites is 1. The smallest absolute Gasteiger partial charge is 0.160 e. The number of aromatic nitrogens is 2. The van der Waals surface area contributed by atoms with Gasteiger partial charge in [0.1, 0.15) is 11.2 Å². The normalized spacial score (nSPS) is 11.4. The Balaban J connectivity index is 1.18. The quantitative estimate of drug-likeness (QED) is 0.176. The van der Waals surface area contributed by atoms with Gasteiger partial charge in [0.2, 0.25) is 0 Å². The third kappa shape index (κ3) is 5.85. The molecule has 10 rings (SSSR count). The minimum Gasteiger partial charge on any atom is -0.456 e. The molecule has 8 aromatic carbocycles. The van der Waals surface area contributed by atoms with Crippen molar-refractivity contribution in [3.8, 4) is 67.3 Å². The summed E-state index contributed by atoms with van der Waals surface area (Å²) in [5.41, 5.74) is 13.2. The van der Waals surface area contributed by atoms with Gasteiger partial charge >= 0.3 is 0 Å². The van der Waals surface area contributed by atoms with Crippen LogP contribution in [0.2, 0.25) is 0 Å². The van der Waals surface area contributed by atoms with Crippen molar-refractivity contribution >= 4 is 32.7 Å². The van der Waals surface area contributed by atoms with Crippen LogP contribution in [0.25, 0.3) is 100.0 Å². The molecule has 0 saturated carbocycles. The number of hydrogen-bond donors (Lipinski definition) is 0. The zero-order valence-corrected chi connectivity index (χ0v) is 28.8. The Morgan fingerprint density at radius 2 is 0.830 bits per heavy atom. The van der Waals surface area contributed by atoms with Crippen LogP contribution in [0, 0.1) is 0 Å². The van der Waals surface area contributed by atoms with Crippen LogP contribution in [0.4, 0.5) is 0 Å². The van der Waals surface area contributed by atoms with Gasteiger partial charge in [-0.25, -0.2) is 9.97 Å². The monoisotopic (exact) mass is 676 g/mol. The summed E-state index contributed by atoms with van der Waals surface area (Å²) in [4.78, 5) is 10.5. The second kappa shape index (κ2) is 12.9. The van der Waals surface area contributed by atoms with Crippen LogP contribution < -0.4 is 0 Å². The Hall–Kier alpha value is -7.10. The Morgan fingerprint density at radius 3 is 1.64 bits per heavy atom. The van der Waals surface area contributed by atoms with Gasteiger partial charge in [0.25, 0.3) is 0 Å². The van der Waals surface area contributed by atoms with Gasteiger partial charge in [0, 0.05) is 27.5 Å². The highest BCUT2D eigenvalue weighted by Gasteiger charge is 2.16. The van der Waals surface area contributed by atoms with Crippen molar-refractivity contribution in [3.63, 3.8) is 0 Å². The van der Waals surface area contributed by atoms with Gasteiger partial charge in [-0.2, -0.15) is 0 Å². The molecule has 0 radical (unpaired) electrons. The third-order valence-corrected chi connectivity index (χ3v) is 10.0. The van der Waals surface area contributed by atoms with Crippen molar-refractivity contribution < 1.29 is 4.42 Å². The Morgan fingerprint density at radius 1 is 0.283 bits per heavy atom. The molecule has 0 amide bonds. The lowest BCUT2D eigenvalue weighted by molar-refractivity contribution is 0.669. The van der Waals surface area contributed by atoms with Gasteiger partial charge < -0.3 is 4.42 Å². The largest absolute Gasteiger partial charge is 0.456 e. The fourth-order valence-corrected chi connectivity index (χ4v) is 7.33. The van der Waals surface area contributed by atoms with Crippen molar-refractivity contribution in [2.24, 2.45) is 0 Å². The molecule has 3 nitrogen and oxygen atoms in total. The van der Waals surface area contributed by atoms with E-state index in [9.17, 15) is 0 Å². The van der Waals surface area contributed by atoms with Crippen LogP contribution in [0.5, 0.6) is 0 Å². The van der Waals surface area contributed by atoms with E-state index in [1.54, 1.807) is 0 Å². The Bertz CT molecular complexity index is 2950. The number of fused-ring (bicyclic) bond motifs is 4. The highest BCUT2D eigenvalue weighted by atomic mass is 16.3. The molecule has 2 heterocycles. The summed E-state index contributed by atoms with van der Waals surface area (Å²) in [7, 11) is 0. The van der Waals surface area contributed by atoms with Crippen molar-refractivity contribution in [2.75, 3.05) is 0 Å². The summed E-state index contributed by atoms with van der Waals surface area (Å²) in [6, 6.07) is 68.1. The van der Waals surface area contributed by atoms with E-state index in [0.717, 1.165) is 83.2 Å². The molecule has 53 heavy (non-hydrogen) atoms. The highest BCUT2D eigenvalue weighted by Crippen LogP contribution is 2.38. The van der Waals surface area contributed by atoms with E-state index in [-0.39, 0.29) is 0 Å². The van der Waals surface area contributed by atoms with Crippen molar-refractivity contribution in [2.45, 2.75) is 0 Å². The summed E-state index contributed by atoms with van der Waals surface area (Å²) < 4.78 is 6.33. The number of furan rings is 1. The van der Waals surface area contributed by atoms with Gasteiger partial charge in [-0.3, -0.25) is 0 Å². The number of rotatable bonds is 6. The van der Waals surface area contributed by atoms with Gasteiger partial charge in [-0.1, -0.05) is 140 Å². The molecule has 0 aliphatic carbocycles. The van der Waals surface area contributed by atoms with Crippen molar-refractivity contribution in [3.05, 3.63) is 194 Å². The average Bonchev–Trinajstić information content (AvgIpc) is 3.62. The second-order valence-electron chi connectivity index (χ2n) is 13.4. The molecule has 10 aromatic rings. The first-order valence-electron chi connectivity index (χ1n) is 17.9. The van der Waals surface area contributed by atoms with Crippen molar-refractivity contribution in [1.82, 2.24) is 9.97 Å². The fourth-order valence-electron chi connectivity index (χ4n) is 7.33. The maximum absolute atomic E-state index is 6.33. The molecule has 0 unspecified atom stereocenters. The predicted octanol–water partition coefficient (Wildman–Crippen LogP) is 13.5. The molecule has 3 heteroatoms. The van der Waals surface area contributed by atoms with E-state index in [0.29, 0.717) is 5.82 Å². The summed E-state index contributed by atoms with van der Waals surface area (Å²) >= 11 is 0. The molecule has 0 aliphatic rings. The van der Waals surface area contributed by atoms with Crippen LogP contribution in [0.15, 0.2) is 199 Å². The zero-order valence-electron chi connectivity index (χ0n) is 28.8. The van der Waals surface area contributed by atoms with Crippen LogP contribution in [0.3, 0.4) is 0 Å². The first kappa shape index (κ1) is 30.7. The number of nitrogens with zero attached hydrogens (tertiary/aromatic N) is 2. The third-order valence-electron chi connectivity index (χ3n) is 10.0. The lowest BCUT2D eigenvalue weighted by Gasteiger charge is -2.14. The standard InChI is InChI=1S/C50H32N2O/c1-3-12-33(13-4-1)37-18-11-19-39(26-37)46-32-47(52-50(51-46)40-23-22-35-16-7-8-17-36(35)27-40)43-29-41(34-14-5-2-6-15-34)28-42(30-43)38-24-25-45-44-20-9-10-21-48(44)53-49(45)31-38/h1-32H. The van der Waals surface area contributed by atoms with Gasteiger partial charge in [0.05, 0.1) is 11.4 Å². The number of benzene rings is 8. The van der Waals surface area contributed by atoms with Crippen LogP contribution >= 0.6 is 0 Å². The molecular weight excluding hydrogens is 645 g/mol. The molecule has 0 atom stereocenters. The second-order valence-corrected chi connectivity index (χ2v) is 13.4. The lowest BCUT2D eigenvalue weighted by Crippen LogP contribution is -1.97. The van der Waals surface area contributed by atoms with E-state index in [1.165, 1.54) is 10.9 Å². The first-order valence-corrected chi connectivity index (χ1v) is 17.9. The molecule has 0 spiro atoms. The van der Waals surface area contributed by atoms with Crippen LogP contribution in [-0.2, 0) is 0 Å². The summed E-state index contributed by atoms with van der Waals surface area (Å²) in [5, 5.41) is 4.58. The number of hydrogen-bond acceptors (Lipinski definition) is 3. The molecule has 0 N–H and O–H groups in total. The minimum absolute atomic E-state index is 0.684. The molecule has 0 saturated heterocycles. The van der Waals surface area contributed by atoms with E-state index in [1.807, 2.05) is 18.2 Å². The predicted molar refractivity (Wildman–Crippen MR) is 219 cm³/mol. The topological polar surface area (TPSA) is 38.9 Å². The molecule has 248 valence electrons. The highest BCUT2D eigenvalue weighted by molar-refractivity contribution is 6.06. The molecule has 0 bridgehead atoms. The fraction of sp³-hybridized carbons (Fsp3) is 0. The van der Waals surface area contributed by atoms with E-state index >= 15 is 0 Å². The van der Waals surface area contributed by atoms with Gasteiger partial charge in [0.15, 0.2) is 5.82 Å². The lowest BCUT2D eigenvalue weighted by atomic mass is 9.94. The zero-order chi connectivity index (χ0) is 35.1. The molecular formula is C50H32N2O. The van der Waals surface area contributed by atoms with Crippen LogP contribution in [0.1, 0.15) is 0 Å². The van der Waals surface area contributed by atoms with Crippen molar-refractivity contribution in [1.29, 1.82) is 0 Å². The molecule has 2 aromatic heterocycles. The Kier molecular flexibility index (Phi) is 7.47. The van der Waals surface area contributed by atoms with Gasteiger partial charge in [-0.15, -0.1) is 0 Å². The molecule has 0 fully saturated rings. The van der Waals surface area contributed by atoms with Crippen LogP contribution in [-0.4, -0.2) is 9.97 Å². The summed E-state index contributed by atoms with van der Waals surface area (Å²) in [6.45, 7) is 0. The average molecular weight is 677 g/mol.